The molecule has 0 amide bonds. The largest absolute Gasteiger partial charge is 0.496 e. The molecule has 1 aliphatic heterocycles. The monoisotopic (exact) mass is 335 g/mol. The third-order valence-electron chi connectivity index (χ3n) is 4.38. The highest BCUT2D eigenvalue weighted by Crippen LogP contribution is 2.34. The van der Waals surface area contributed by atoms with Gasteiger partial charge in [0.25, 0.3) is 0 Å². The third kappa shape index (κ3) is 4.69. The smallest absolute Gasteiger partial charge is 0.191 e. The lowest BCUT2D eigenvalue weighted by molar-refractivity contribution is 0.369. The van der Waals surface area contributed by atoms with Crippen molar-refractivity contribution in [3.8, 4) is 17.2 Å². The first-order chi connectivity index (χ1) is 11.7. The number of aliphatic imine (C=N–C) groups is 1. The van der Waals surface area contributed by atoms with Gasteiger partial charge >= 0.3 is 0 Å². The summed E-state index contributed by atoms with van der Waals surface area (Å²) in [5, 5.41) is 0. The van der Waals surface area contributed by atoms with Crippen LogP contribution in [0.2, 0.25) is 0 Å². The highest BCUT2D eigenvalue weighted by atomic mass is 16.5. The second-order valence-electron chi connectivity index (χ2n) is 5.90. The minimum atomic E-state index is 0.599. The zero-order chi connectivity index (χ0) is 17.4. The Hall–Kier alpha value is -2.11. The normalized spacial score (nSPS) is 15.8. The highest BCUT2D eigenvalue weighted by molar-refractivity contribution is 5.78. The van der Waals surface area contributed by atoms with E-state index in [1.807, 2.05) is 12.1 Å². The van der Waals surface area contributed by atoms with E-state index in [0.29, 0.717) is 24.7 Å². The first-order valence-electron chi connectivity index (χ1n) is 8.53. The molecule has 1 aromatic rings. The number of methoxy groups -OCH3 is 3. The van der Waals surface area contributed by atoms with Crippen LogP contribution in [-0.4, -0.2) is 51.8 Å². The lowest BCUT2D eigenvalue weighted by Gasteiger charge is -2.21. The van der Waals surface area contributed by atoms with Gasteiger partial charge in [0.05, 0.1) is 21.3 Å². The molecule has 0 saturated carbocycles. The molecule has 24 heavy (non-hydrogen) atoms. The Morgan fingerprint density at radius 1 is 1.00 bits per heavy atom. The van der Waals surface area contributed by atoms with Gasteiger partial charge in [0.1, 0.15) is 17.2 Å². The van der Waals surface area contributed by atoms with E-state index in [4.69, 9.17) is 19.9 Å². The molecule has 2 N–H and O–H groups in total. The first kappa shape index (κ1) is 18.2. The van der Waals surface area contributed by atoms with Gasteiger partial charge in [-0.1, -0.05) is 12.8 Å². The lowest BCUT2D eigenvalue weighted by Crippen LogP contribution is -2.38. The Morgan fingerprint density at radius 2 is 1.58 bits per heavy atom. The predicted octanol–water partition coefficient (Wildman–Crippen LogP) is 2.45. The summed E-state index contributed by atoms with van der Waals surface area (Å²) in [4.78, 5) is 6.75. The minimum absolute atomic E-state index is 0.599. The third-order valence-corrected chi connectivity index (χ3v) is 4.38. The fourth-order valence-corrected chi connectivity index (χ4v) is 3.01. The quantitative estimate of drug-likeness (QED) is 0.639. The fraction of sp³-hybridized carbons (Fsp3) is 0.611. The molecule has 0 bridgehead atoms. The van der Waals surface area contributed by atoms with Crippen LogP contribution in [0.25, 0.3) is 0 Å². The molecule has 1 saturated heterocycles. The van der Waals surface area contributed by atoms with E-state index in [0.717, 1.165) is 30.2 Å². The molecule has 2 rings (SSSR count). The Balaban J connectivity index is 2.06. The van der Waals surface area contributed by atoms with E-state index in [1.54, 1.807) is 21.3 Å². The van der Waals surface area contributed by atoms with Crippen molar-refractivity contribution >= 4 is 5.96 Å². The van der Waals surface area contributed by atoms with Crippen LogP contribution < -0.4 is 19.9 Å². The molecule has 0 atom stereocenters. The van der Waals surface area contributed by atoms with Gasteiger partial charge in [0, 0.05) is 37.3 Å². The number of ether oxygens (including phenoxy) is 3. The molecule has 0 radical (unpaired) electrons. The number of likely N-dealkylation sites (tertiary alicyclic amines) is 1. The predicted molar refractivity (Wildman–Crippen MR) is 96.3 cm³/mol. The van der Waals surface area contributed by atoms with Crippen LogP contribution in [0.15, 0.2) is 17.1 Å². The van der Waals surface area contributed by atoms with Gasteiger partial charge < -0.3 is 24.8 Å². The SMILES string of the molecule is COc1cc(OC)c(CCN=C(N)N2CCCCCC2)c(OC)c1. The Kier molecular flexibility index (Phi) is 7.03. The van der Waals surface area contributed by atoms with Crippen molar-refractivity contribution < 1.29 is 14.2 Å². The van der Waals surface area contributed by atoms with E-state index in [9.17, 15) is 0 Å². The fourth-order valence-electron chi connectivity index (χ4n) is 3.01. The van der Waals surface area contributed by atoms with Crippen molar-refractivity contribution in [2.75, 3.05) is 41.0 Å². The summed E-state index contributed by atoms with van der Waals surface area (Å²) in [6.45, 7) is 2.61. The number of nitrogens with two attached hydrogens (primary N) is 1. The number of hydrogen-bond acceptors (Lipinski definition) is 4. The van der Waals surface area contributed by atoms with Crippen LogP contribution in [0, 0.1) is 0 Å². The van der Waals surface area contributed by atoms with Crippen LogP contribution in [0.1, 0.15) is 31.2 Å². The van der Waals surface area contributed by atoms with Gasteiger partial charge in [0.2, 0.25) is 0 Å². The van der Waals surface area contributed by atoms with Gasteiger partial charge in [-0.2, -0.15) is 0 Å². The second kappa shape index (κ2) is 9.25. The Bertz CT molecular complexity index is 527. The molecular weight excluding hydrogens is 306 g/mol. The number of hydrogen-bond donors (Lipinski definition) is 1. The van der Waals surface area contributed by atoms with Crippen molar-refractivity contribution in [1.29, 1.82) is 0 Å². The molecule has 6 heteroatoms. The summed E-state index contributed by atoms with van der Waals surface area (Å²) in [6.07, 6.45) is 5.64. The average Bonchev–Trinajstić information content (AvgIpc) is 2.90. The number of rotatable bonds is 6. The van der Waals surface area contributed by atoms with E-state index in [2.05, 4.69) is 9.89 Å². The van der Waals surface area contributed by atoms with E-state index in [1.165, 1.54) is 25.7 Å². The van der Waals surface area contributed by atoms with E-state index in [-0.39, 0.29) is 0 Å². The number of guanidine groups is 1. The molecule has 0 spiro atoms. The van der Waals surface area contributed by atoms with Gasteiger partial charge in [-0.25, -0.2) is 0 Å². The molecule has 0 aliphatic carbocycles. The average molecular weight is 335 g/mol. The van der Waals surface area contributed by atoms with Gasteiger partial charge in [-0.15, -0.1) is 0 Å². The minimum Gasteiger partial charge on any atom is -0.496 e. The summed E-state index contributed by atoms with van der Waals surface area (Å²) in [5.74, 6) is 2.84. The molecule has 1 fully saturated rings. The van der Waals surface area contributed by atoms with E-state index >= 15 is 0 Å². The Labute approximate surface area is 144 Å². The van der Waals surface area contributed by atoms with Crippen LogP contribution in [0.3, 0.4) is 0 Å². The maximum absolute atomic E-state index is 6.16. The van der Waals surface area contributed by atoms with Gasteiger partial charge in [-0.05, 0) is 19.3 Å². The lowest BCUT2D eigenvalue weighted by atomic mass is 10.1. The van der Waals surface area contributed by atoms with Crippen LogP contribution in [-0.2, 0) is 6.42 Å². The summed E-state index contributed by atoms with van der Waals surface area (Å²) < 4.78 is 16.2. The zero-order valence-electron chi connectivity index (χ0n) is 15.0. The maximum atomic E-state index is 6.16. The Morgan fingerprint density at radius 3 is 2.08 bits per heavy atom. The number of benzene rings is 1. The van der Waals surface area contributed by atoms with Crippen LogP contribution in [0.4, 0.5) is 0 Å². The van der Waals surface area contributed by atoms with Gasteiger partial charge in [0.15, 0.2) is 5.96 Å². The number of nitrogens with zero attached hydrogens (tertiary/aromatic N) is 2. The zero-order valence-corrected chi connectivity index (χ0v) is 15.0. The molecule has 1 aliphatic rings. The molecule has 0 aromatic heterocycles. The van der Waals surface area contributed by atoms with Crippen LogP contribution in [0.5, 0.6) is 17.2 Å². The standard InChI is InChI=1S/C18H29N3O3/c1-22-14-12-16(23-2)15(17(13-14)24-3)8-9-20-18(19)21-10-6-4-5-7-11-21/h12-13H,4-11H2,1-3H3,(H2,19,20). The van der Waals surface area contributed by atoms with Crippen molar-refractivity contribution in [3.05, 3.63) is 17.7 Å². The molecule has 1 aromatic carbocycles. The maximum Gasteiger partial charge on any atom is 0.191 e. The second-order valence-corrected chi connectivity index (χ2v) is 5.90. The highest BCUT2D eigenvalue weighted by Gasteiger charge is 2.14. The van der Waals surface area contributed by atoms with Gasteiger partial charge in [-0.3, -0.25) is 4.99 Å². The summed E-state index contributed by atoms with van der Waals surface area (Å²) in [6, 6.07) is 3.72. The van der Waals surface area contributed by atoms with Crippen molar-refractivity contribution in [3.63, 3.8) is 0 Å². The summed E-state index contributed by atoms with van der Waals surface area (Å²) in [5.41, 5.74) is 7.14. The van der Waals surface area contributed by atoms with Crippen molar-refractivity contribution in [2.45, 2.75) is 32.1 Å². The molecule has 0 unspecified atom stereocenters. The summed E-state index contributed by atoms with van der Waals surface area (Å²) >= 11 is 0. The topological polar surface area (TPSA) is 69.3 Å². The summed E-state index contributed by atoms with van der Waals surface area (Å²) in [7, 11) is 4.92. The van der Waals surface area contributed by atoms with Crippen molar-refractivity contribution in [1.82, 2.24) is 4.90 Å². The van der Waals surface area contributed by atoms with E-state index < -0.39 is 0 Å². The molecule has 1 heterocycles. The van der Waals surface area contributed by atoms with Crippen LogP contribution >= 0.6 is 0 Å². The first-order valence-corrected chi connectivity index (χ1v) is 8.53. The molecule has 6 nitrogen and oxygen atoms in total. The molecular formula is C18H29N3O3. The van der Waals surface area contributed by atoms with Crippen molar-refractivity contribution in [2.24, 2.45) is 10.7 Å². The molecule has 134 valence electrons.